The molecule has 0 bridgehead atoms. The van der Waals surface area contributed by atoms with Gasteiger partial charge in [0.25, 0.3) is 6.29 Å². The van der Waals surface area contributed by atoms with Crippen LogP contribution in [0.3, 0.4) is 0 Å². The highest BCUT2D eigenvalue weighted by Gasteiger charge is 2.25. The average molecular weight is 1390 g/mol. The van der Waals surface area contributed by atoms with Gasteiger partial charge in [-0.1, -0.05) is 470 Å². The third-order valence-electron chi connectivity index (χ3n) is 21.1. The van der Waals surface area contributed by atoms with Crippen LogP contribution in [-0.2, 0) is 33.3 Å². The fourth-order valence-corrected chi connectivity index (χ4v) is 14.3. The molecule has 0 aliphatic carbocycles. The molecule has 0 saturated heterocycles. The molecule has 98 heavy (non-hydrogen) atoms. The Morgan fingerprint density at radius 1 is 0.265 bits per heavy atom. The van der Waals surface area contributed by atoms with Gasteiger partial charge in [-0.05, 0) is 12.8 Å². The van der Waals surface area contributed by atoms with Crippen molar-refractivity contribution in [1.82, 2.24) is 0 Å². The number of quaternary nitrogens is 1. The molecular formula is C89H176NO8+. The first kappa shape index (κ1) is 96.3. The lowest BCUT2D eigenvalue weighted by Crippen LogP contribution is -2.40. The molecule has 0 aromatic rings. The number of hydrogen-bond donors (Lipinski definition) is 1. The van der Waals surface area contributed by atoms with Crippen LogP contribution in [0.4, 0.5) is 0 Å². The number of hydrogen-bond acceptors (Lipinski definition) is 7. The number of nitrogens with zero attached hydrogens (tertiary/aromatic N) is 1. The monoisotopic (exact) mass is 1390 g/mol. The largest absolute Gasteiger partial charge is 0.477 e. The maximum absolute atomic E-state index is 13.0. The number of esters is 2. The predicted molar refractivity (Wildman–Crippen MR) is 425 cm³/mol. The molecule has 0 rings (SSSR count). The minimum absolute atomic E-state index is 0.171. The Balaban J connectivity index is 3.88. The molecule has 584 valence electrons. The topological polar surface area (TPSA) is 108 Å². The van der Waals surface area contributed by atoms with Gasteiger partial charge in [0.15, 0.2) is 6.10 Å². The van der Waals surface area contributed by atoms with E-state index in [2.05, 4.69) is 13.8 Å². The van der Waals surface area contributed by atoms with Crippen LogP contribution < -0.4 is 0 Å². The first-order valence-electron chi connectivity index (χ1n) is 44.7. The van der Waals surface area contributed by atoms with Crippen LogP contribution >= 0.6 is 0 Å². The molecule has 0 fully saturated rings. The van der Waals surface area contributed by atoms with Crippen LogP contribution in [0.2, 0.25) is 0 Å². The number of carboxylic acid groups (broad SMARTS) is 1. The fraction of sp³-hybridized carbons (Fsp3) is 0.966. The molecule has 0 heterocycles. The summed E-state index contributed by atoms with van der Waals surface area (Å²) in [6.07, 6.45) is 98.9. The Morgan fingerprint density at radius 2 is 0.459 bits per heavy atom. The number of carbonyl (C=O) groups excluding carboxylic acids is 2. The van der Waals surface area contributed by atoms with E-state index in [1.165, 1.54) is 430 Å². The van der Waals surface area contributed by atoms with Gasteiger partial charge in [0.1, 0.15) is 13.2 Å². The van der Waals surface area contributed by atoms with E-state index in [4.69, 9.17) is 18.9 Å². The maximum Gasteiger partial charge on any atom is 0.361 e. The molecule has 0 radical (unpaired) electrons. The van der Waals surface area contributed by atoms with Gasteiger partial charge in [-0.15, -0.1) is 0 Å². The Kier molecular flexibility index (Phi) is 79.6. The summed E-state index contributed by atoms with van der Waals surface area (Å²) < 4.78 is 23.1. The summed E-state index contributed by atoms with van der Waals surface area (Å²) in [5.41, 5.74) is 0. The second kappa shape index (κ2) is 81.0. The van der Waals surface area contributed by atoms with Gasteiger partial charge in [0.2, 0.25) is 0 Å². The smallest absolute Gasteiger partial charge is 0.361 e. The van der Waals surface area contributed by atoms with Crippen molar-refractivity contribution in [2.24, 2.45) is 0 Å². The van der Waals surface area contributed by atoms with Gasteiger partial charge in [0.05, 0.1) is 34.4 Å². The summed E-state index contributed by atoms with van der Waals surface area (Å²) in [6.45, 7) is 4.99. The first-order chi connectivity index (χ1) is 48.1. The molecular weight excluding hydrogens is 1210 g/mol. The summed E-state index contributed by atoms with van der Waals surface area (Å²) in [4.78, 5) is 37.8. The number of carboxylic acids is 1. The van der Waals surface area contributed by atoms with Crippen molar-refractivity contribution >= 4 is 17.9 Å². The summed E-state index contributed by atoms with van der Waals surface area (Å²) in [7, 11) is 6.01. The van der Waals surface area contributed by atoms with Crippen molar-refractivity contribution in [2.75, 3.05) is 47.5 Å². The van der Waals surface area contributed by atoms with Crippen molar-refractivity contribution < 1.29 is 42.9 Å². The molecule has 0 saturated carbocycles. The van der Waals surface area contributed by atoms with E-state index in [-0.39, 0.29) is 38.2 Å². The molecule has 0 aliphatic heterocycles. The second-order valence-corrected chi connectivity index (χ2v) is 32.3. The average Bonchev–Trinajstić information content (AvgIpc) is 1.38. The summed E-state index contributed by atoms with van der Waals surface area (Å²) in [6, 6.07) is 0. The fourth-order valence-electron chi connectivity index (χ4n) is 14.3. The van der Waals surface area contributed by atoms with Gasteiger partial charge >= 0.3 is 17.9 Å². The van der Waals surface area contributed by atoms with Gasteiger partial charge < -0.3 is 28.5 Å². The number of likely N-dealkylation sites (N-methyl/N-ethyl adjacent to an activating group) is 1. The molecule has 9 nitrogen and oxygen atoms in total. The SMILES string of the molecule is CCCCCCCCCCCCCCCCCCCCCCCCCCCCCCCCCCCCCCCCCC(=O)OC(COC(=O)CCCCCCCCCCCCCCCCCCCCCCCCCCCCCCCCCCCC)COC(OCC[N+](C)(C)C)C(=O)O. The summed E-state index contributed by atoms with van der Waals surface area (Å²) >= 11 is 0. The van der Waals surface area contributed by atoms with Gasteiger partial charge in [-0.3, -0.25) is 9.59 Å². The minimum atomic E-state index is -1.51. The van der Waals surface area contributed by atoms with E-state index < -0.39 is 18.4 Å². The van der Waals surface area contributed by atoms with Crippen molar-refractivity contribution in [3.05, 3.63) is 0 Å². The number of rotatable bonds is 86. The number of ether oxygens (including phenoxy) is 4. The van der Waals surface area contributed by atoms with Crippen LogP contribution in [0.15, 0.2) is 0 Å². The molecule has 9 heteroatoms. The lowest BCUT2D eigenvalue weighted by Gasteiger charge is -2.25. The maximum atomic E-state index is 13.0. The van der Waals surface area contributed by atoms with E-state index in [0.717, 1.165) is 38.5 Å². The van der Waals surface area contributed by atoms with E-state index >= 15 is 0 Å². The standard InChI is InChI=1S/C89H175NO8/c1-6-8-10-12-14-16-18-20-22-24-26-28-30-32-34-36-38-40-42-43-44-45-46-48-50-52-54-56-58-60-62-64-66-68-70-72-74-76-78-80-87(92)98-85(84-97-89(88(93)94)95-82-81-90(3,4)5)83-96-86(91)79-77-75-73-71-69-67-65-63-61-59-57-55-53-51-49-47-41-39-37-35-33-31-29-27-25-23-21-19-17-15-13-11-9-7-2/h85,89H,6-84H2,1-5H3/p+1. The predicted octanol–water partition coefficient (Wildman–Crippen LogP) is 28.9. The number of carbonyl (C=O) groups is 3. The normalized spacial score (nSPS) is 12.5. The number of aliphatic carboxylic acids is 1. The highest BCUT2D eigenvalue weighted by Crippen LogP contribution is 2.22. The molecule has 0 aliphatic rings. The second-order valence-electron chi connectivity index (χ2n) is 32.3. The van der Waals surface area contributed by atoms with E-state index in [1.54, 1.807) is 0 Å². The van der Waals surface area contributed by atoms with Crippen LogP contribution in [-0.4, -0.2) is 87.4 Å². The molecule has 1 N–H and O–H groups in total. The van der Waals surface area contributed by atoms with E-state index in [0.29, 0.717) is 17.4 Å². The third kappa shape index (κ3) is 81.6. The van der Waals surface area contributed by atoms with Crippen molar-refractivity contribution in [1.29, 1.82) is 0 Å². The Hall–Kier alpha value is -1.71. The van der Waals surface area contributed by atoms with E-state index in [1.807, 2.05) is 21.1 Å². The lowest BCUT2D eigenvalue weighted by molar-refractivity contribution is -0.870. The molecule has 0 amide bonds. The van der Waals surface area contributed by atoms with Crippen molar-refractivity contribution in [2.45, 2.75) is 508 Å². The zero-order valence-corrected chi connectivity index (χ0v) is 67.3. The Labute approximate surface area is 613 Å². The van der Waals surface area contributed by atoms with Gasteiger partial charge in [-0.25, -0.2) is 4.79 Å². The van der Waals surface area contributed by atoms with Gasteiger partial charge in [-0.2, -0.15) is 0 Å². The molecule has 2 atom stereocenters. The van der Waals surface area contributed by atoms with Crippen LogP contribution in [0.1, 0.15) is 495 Å². The molecule has 0 spiro atoms. The quantitative estimate of drug-likeness (QED) is 0.0278. The van der Waals surface area contributed by atoms with Crippen LogP contribution in [0.5, 0.6) is 0 Å². The summed E-state index contributed by atoms with van der Waals surface area (Å²) in [5.74, 6) is -1.96. The Morgan fingerprint density at radius 3 is 0.653 bits per heavy atom. The van der Waals surface area contributed by atoms with Crippen molar-refractivity contribution in [3.63, 3.8) is 0 Å². The molecule has 0 aromatic heterocycles. The van der Waals surface area contributed by atoms with Crippen LogP contribution in [0, 0.1) is 0 Å². The lowest BCUT2D eigenvalue weighted by atomic mass is 10.0. The molecule has 0 aromatic carbocycles. The highest BCUT2D eigenvalue weighted by molar-refractivity contribution is 5.71. The molecule has 2 unspecified atom stereocenters. The minimum Gasteiger partial charge on any atom is -0.477 e. The van der Waals surface area contributed by atoms with Crippen LogP contribution in [0.25, 0.3) is 0 Å². The Bertz CT molecular complexity index is 1570. The third-order valence-corrected chi connectivity index (χ3v) is 21.1. The summed E-state index contributed by atoms with van der Waals surface area (Å²) in [5, 5.41) is 9.79. The number of unbranched alkanes of at least 4 members (excludes halogenated alkanes) is 71. The zero-order chi connectivity index (χ0) is 71.1. The first-order valence-corrected chi connectivity index (χ1v) is 44.7. The van der Waals surface area contributed by atoms with E-state index in [9.17, 15) is 19.5 Å². The highest BCUT2D eigenvalue weighted by atomic mass is 16.7. The van der Waals surface area contributed by atoms with Crippen molar-refractivity contribution in [3.8, 4) is 0 Å². The van der Waals surface area contributed by atoms with Gasteiger partial charge in [0, 0.05) is 12.8 Å². The zero-order valence-electron chi connectivity index (χ0n) is 67.3.